The Morgan fingerprint density at radius 2 is 1.92 bits per heavy atom. The molecular formula is C18H24BN3O4. The zero-order valence-electron chi connectivity index (χ0n) is 16.0. The summed E-state index contributed by atoms with van der Waals surface area (Å²) in [6, 6.07) is 1.79. The van der Waals surface area contributed by atoms with Crippen LogP contribution in [-0.4, -0.2) is 45.2 Å². The molecule has 0 spiro atoms. The van der Waals surface area contributed by atoms with Crippen molar-refractivity contribution in [1.29, 1.82) is 0 Å². The van der Waals surface area contributed by atoms with Crippen LogP contribution in [0.4, 0.5) is 5.69 Å². The fourth-order valence-corrected chi connectivity index (χ4v) is 2.68. The number of nitrogens with zero attached hydrogens (tertiary/aromatic N) is 3. The summed E-state index contributed by atoms with van der Waals surface area (Å²) in [4.78, 5) is 3.55. The molecule has 2 aromatic heterocycles. The lowest BCUT2D eigenvalue weighted by Gasteiger charge is -2.32. The quantitative estimate of drug-likeness (QED) is 0.672. The molecule has 0 unspecified atom stereocenters. The highest BCUT2D eigenvalue weighted by Gasteiger charge is 2.52. The molecule has 0 atom stereocenters. The normalized spacial score (nSPS) is 18.9. The van der Waals surface area contributed by atoms with Gasteiger partial charge in [0.15, 0.2) is 0 Å². The third-order valence-corrected chi connectivity index (χ3v) is 4.82. The first kappa shape index (κ1) is 18.7. The van der Waals surface area contributed by atoms with Crippen molar-refractivity contribution in [2.24, 2.45) is 0 Å². The second-order valence-electron chi connectivity index (χ2n) is 8.26. The highest BCUT2D eigenvalue weighted by Crippen LogP contribution is 2.37. The van der Waals surface area contributed by atoms with Gasteiger partial charge < -0.3 is 19.2 Å². The van der Waals surface area contributed by atoms with E-state index in [2.05, 4.69) is 9.94 Å². The van der Waals surface area contributed by atoms with E-state index in [1.165, 1.54) is 6.20 Å². The number of ether oxygens (including phenoxy) is 1. The molecule has 1 N–H and O–H groups in total. The maximum atomic E-state index is 9.92. The minimum atomic E-state index is -0.967. The fraction of sp³-hybridized carbons (Fsp3) is 0.556. The van der Waals surface area contributed by atoms with Crippen molar-refractivity contribution >= 4 is 23.8 Å². The van der Waals surface area contributed by atoms with E-state index in [-0.39, 0.29) is 6.61 Å². The molecular weight excluding hydrogens is 333 g/mol. The summed E-state index contributed by atoms with van der Waals surface area (Å²) >= 11 is 0. The van der Waals surface area contributed by atoms with Gasteiger partial charge in [0.25, 0.3) is 0 Å². The molecule has 7 nitrogen and oxygen atoms in total. The van der Waals surface area contributed by atoms with E-state index in [9.17, 15) is 5.11 Å². The minimum absolute atomic E-state index is 0.123. The Balaban J connectivity index is 2.07. The first-order chi connectivity index (χ1) is 11.9. The van der Waals surface area contributed by atoms with E-state index in [4.69, 9.17) is 20.6 Å². The van der Waals surface area contributed by atoms with E-state index >= 15 is 0 Å². The van der Waals surface area contributed by atoms with Crippen LogP contribution in [0.1, 0.15) is 41.5 Å². The Morgan fingerprint density at radius 3 is 2.46 bits per heavy atom. The minimum Gasteiger partial charge on any atom is -0.489 e. The van der Waals surface area contributed by atoms with Crippen molar-refractivity contribution in [3.63, 3.8) is 0 Å². The molecule has 1 aliphatic rings. The van der Waals surface area contributed by atoms with Crippen LogP contribution in [0.15, 0.2) is 18.5 Å². The van der Waals surface area contributed by atoms with E-state index < -0.39 is 23.9 Å². The van der Waals surface area contributed by atoms with E-state index in [0.29, 0.717) is 22.4 Å². The van der Waals surface area contributed by atoms with Gasteiger partial charge in [0.1, 0.15) is 12.4 Å². The van der Waals surface area contributed by atoms with Crippen LogP contribution in [0.3, 0.4) is 0 Å². The Kier molecular flexibility index (Phi) is 4.30. The molecule has 138 valence electrons. The predicted octanol–water partition coefficient (Wildman–Crippen LogP) is 2.33. The zero-order chi connectivity index (χ0) is 19.3. The van der Waals surface area contributed by atoms with Crippen LogP contribution in [0.5, 0.6) is 5.75 Å². The lowest BCUT2D eigenvalue weighted by molar-refractivity contribution is 0.00578. The molecule has 3 heterocycles. The molecule has 1 fully saturated rings. The number of hydrogen-bond acceptors (Lipinski definition) is 5. The number of hydrogen-bond donors (Lipinski definition) is 1. The maximum absolute atomic E-state index is 9.92. The predicted molar refractivity (Wildman–Crippen MR) is 99.0 cm³/mol. The Hall–Kier alpha value is -2.08. The molecule has 1 saturated heterocycles. The molecule has 0 amide bonds. The average Bonchev–Trinajstić information content (AvgIpc) is 3.01. The first-order valence-electron chi connectivity index (χ1n) is 8.53. The second-order valence-corrected chi connectivity index (χ2v) is 8.26. The van der Waals surface area contributed by atoms with Crippen LogP contribution in [0.2, 0.25) is 0 Å². The highest BCUT2D eigenvalue weighted by molar-refractivity contribution is 6.64. The molecule has 0 radical (unpaired) electrons. The number of aliphatic hydroxyl groups is 1. The van der Waals surface area contributed by atoms with Crippen molar-refractivity contribution < 1.29 is 19.2 Å². The van der Waals surface area contributed by atoms with Crippen molar-refractivity contribution in [3.05, 3.63) is 29.9 Å². The number of aromatic nitrogens is 2. The molecule has 1 aliphatic heterocycles. The summed E-state index contributed by atoms with van der Waals surface area (Å²) in [7, 11) is -0.648. The van der Waals surface area contributed by atoms with Crippen molar-refractivity contribution in [2.75, 3.05) is 6.61 Å². The molecule has 0 saturated carbocycles. The lowest BCUT2D eigenvalue weighted by atomic mass is 9.78. The molecule has 0 aromatic carbocycles. The van der Waals surface area contributed by atoms with Crippen LogP contribution >= 0.6 is 0 Å². The van der Waals surface area contributed by atoms with E-state index in [0.717, 1.165) is 0 Å². The molecule has 8 heteroatoms. The van der Waals surface area contributed by atoms with Crippen molar-refractivity contribution in [2.45, 2.75) is 58.3 Å². The smallest absolute Gasteiger partial charge is 0.489 e. The summed E-state index contributed by atoms with van der Waals surface area (Å²) in [5.41, 5.74) is -0.239. The number of fused-ring (bicyclic) bond motifs is 1. The second kappa shape index (κ2) is 5.98. The molecule has 0 aliphatic carbocycles. The molecule has 0 bridgehead atoms. The van der Waals surface area contributed by atoms with Gasteiger partial charge in [-0.1, -0.05) is 0 Å². The van der Waals surface area contributed by atoms with Crippen LogP contribution in [0, 0.1) is 6.57 Å². The van der Waals surface area contributed by atoms with Gasteiger partial charge >= 0.3 is 7.12 Å². The first-order valence-corrected chi connectivity index (χ1v) is 8.53. The van der Waals surface area contributed by atoms with Crippen LogP contribution in [0.25, 0.3) is 10.4 Å². The molecule has 26 heavy (non-hydrogen) atoms. The van der Waals surface area contributed by atoms with Crippen LogP contribution in [-0.2, 0) is 9.31 Å². The lowest BCUT2D eigenvalue weighted by Crippen LogP contribution is -2.41. The summed E-state index contributed by atoms with van der Waals surface area (Å²) in [5, 5.41) is 14.2. The average molecular weight is 357 g/mol. The van der Waals surface area contributed by atoms with Gasteiger partial charge in [-0.15, -0.1) is 0 Å². The van der Waals surface area contributed by atoms with Gasteiger partial charge in [-0.05, 0) is 47.6 Å². The third kappa shape index (κ3) is 3.30. The number of pyridine rings is 1. The van der Waals surface area contributed by atoms with Gasteiger partial charge in [0.05, 0.1) is 41.3 Å². The zero-order valence-corrected chi connectivity index (χ0v) is 16.0. The molecule has 2 aromatic rings. The third-order valence-electron chi connectivity index (χ3n) is 4.82. The highest BCUT2D eigenvalue weighted by atomic mass is 16.7. The monoisotopic (exact) mass is 357 g/mol. The van der Waals surface area contributed by atoms with Crippen LogP contribution < -0.4 is 10.2 Å². The SMILES string of the molecule is [C-]#[N+]c1cnn2cc(OCC(C)(C)O)cc(B3OC(C)(C)C(C)(C)O3)c12. The summed E-state index contributed by atoms with van der Waals surface area (Å²) in [6.07, 6.45) is 3.20. The number of rotatable bonds is 4. The Labute approximate surface area is 153 Å². The van der Waals surface area contributed by atoms with E-state index in [1.54, 1.807) is 30.6 Å². The summed E-state index contributed by atoms with van der Waals surface area (Å²) in [5.74, 6) is 0.518. The fourth-order valence-electron chi connectivity index (χ4n) is 2.68. The molecule has 3 rings (SSSR count). The Bertz CT molecular complexity index is 861. The van der Waals surface area contributed by atoms with Crippen molar-refractivity contribution in [3.8, 4) is 5.75 Å². The van der Waals surface area contributed by atoms with Gasteiger partial charge in [0.2, 0.25) is 5.69 Å². The maximum Gasteiger partial charge on any atom is 0.495 e. The van der Waals surface area contributed by atoms with Gasteiger partial charge in [-0.2, -0.15) is 5.10 Å². The van der Waals surface area contributed by atoms with Gasteiger partial charge in [-0.3, -0.25) is 0 Å². The van der Waals surface area contributed by atoms with E-state index in [1.807, 2.05) is 27.7 Å². The standard InChI is InChI=1S/C18H24BN3O4/c1-16(2,23)11-24-12-8-13(15-14(20-7)9-21-22(15)10-12)19-25-17(3,4)18(5,6)26-19/h8-10,23H,11H2,1-6H3. The Morgan fingerprint density at radius 1 is 1.31 bits per heavy atom. The topological polar surface area (TPSA) is 69.6 Å². The van der Waals surface area contributed by atoms with Gasteiger partial charge in [-0.25, -0.2) is 9.36 Å². The van der Waals surface area contributed by atoms with Gasteiger partial charge in [0, 0.05) is 5.46 Å². The largest absolute Gasteiger partial charge is 0.495 e. The summed E-state index contributed by atoms with van der Waals surface area (Å²) in [6.45, 7) is 18.8. The summed E-state index contributed by atoms with van der Waals surface area (Å²) < 4.78 is 19.6. The van der Waals surface area contributed by atoms with Crippen molar-refractivity contribution in [1.82, 2.24) is 9.61 Å².